The van der Waals surface area contributed by atoms with E-state index in [4.69, 9.17) is 4.74 Å². The van der Waals surface area contributed by atoms with Gasteiger partial charge in [-0.25, -0.2) is 0 Å². The van der Waals surface area contributed by atoms with Gasteiger partial charge in [0.15, 0.2) is 18.0 Å². The Balaban J connectivity index is 1.34. The third-order valence-corrected chi connectivity index (χ3v) is 10.8. The van der Waals surface area contributed by atoms with E-state index in [2.05, 4.69) is 16.0 Å². The van der Waals surface area contributed by atoms with Gasteiger partial charge in [0, 0.05) is 22.4 Å². The second kappa shape index (κ2) is 16.2. The predicted octanol–water partition coefficient (Wildman–Crippen LogP) is 3.47. The van der Waals surface area contributed by atoms with Crippen molar-refractivity contribution in [1.29, 1.82) is 0 Å². The lowest BCUT2D eigenvalue weighted by Crippen LogP contribution is -2.60. The predicted molar refractivity (Wildman–Crippen MR) is 195 cm³/mol. The smallest absolute Gasteiger partial charge is 0.254 e. The van der Waals surface area contributed by atoms with Crippen molar-refractivity contribution in [3.8, 4) is 0 Å². The maximum Gasteiger partial charge on any atom is 0.254 e. The number of thioether (sulfide) groups is 1. The molecule has 0 aromatic heterocycles. The minimum atomic E-state index is -1.71. The first-order chi connectivity index (χ1) is 24.3. The highest BCUT2D eigenvalue weighted by Crippen LogP contribution is 2.40. The molecule has 3 aromatic rings. The molecule has 5 atom stereocenters. The molecule has 0 spiro atoms. The molecule has 0 bridgehead atoms. The van der Waals surface area contributed by atoms with Crippen molar-refractivity contribution in [3.63, 3.8) is 0 Å². The third kappa shape index (κ3) is 8.69. The number of aryl methyl sites for hydroxylation is 1. The fourth-order valence-corrected chi connectivity index (χ4v) is 7.65. The summed E-state index contributed by atoms with van der Waals surface area (Å²) in [7, 11) is 0. The molecule has 12 heteroatoms. The van der Waals surface area contributed by atoms with Crippen molar-refractivity contribution < 1.29 is 33.8 Å². The van der Waals surface area contributed by atoms with E-state index in [0.717, 1.165) is 16.7 Å². The Morgan fingerprint density at radius 1 is 0.941 bits per heavy atom. The van der Waals surface area contributed by atoms with Gasteiger partial charge in [-0.15, -0.1) is 11.8 Å². The SMILES string of the molecule is Cc1ccccc1CNC(=O)[C@H]1N(C(=O)[C@@H](O)[C@H](Cc2ccccc2)NC(=O)[C@@H](NC(=O)C2OCC(=O)c3ccccc32)C(C)C)CSC1(C)C. The number of hydrogen-bond acceptors (Lipinski definition) is 8. The van der Waals surface area contributed by atoms with E-state index in [1.165, 1.54) is 16.7 Å². The van der Waals surface area contributed by atoms with E-state index < -0.39 is 58.7 Å². The third-order valence-electron chi connectivity index (χ3n) is 9.46. The highest BCUT2D eigenvalue weighted by molar-refractivity contribution is 8.00. The molecule has 2 aliphatic rings. The lowest BCUT2D eigenvalue weighted by molar-refractivity contribution is -0.148. The first kappa shape index (κ1) is 37.7. The molecule has 4 amide bonds. The van der Waals surface area contributed by atoms with Gasteiger partial charge in [-0.1, -0.05) is 92.7 Å². The monoisotopic (exact) mass is 714 g/mol. The Morgan fingerprint density at radius 2 is 1.61 bits per heavy atom. The number of ketones is 1. The molecule has 3 aromatic carbocycles. The zero-order chi connectivity index (χ0) is 36.9. The zero-order valence-corrected chi connectivity index (χ0v) is 30.4. The second-order valence-electron chi connectivity index (χ2n) is 13.9. The number of carbonyl (C=O) groups is 5. The van der Waals surface area contributed by atoms with Gasteiger partial charge in [-0.05, 0) is 49.8 Å². The van der Waals surface area contributed by atoms with Crippen LogP contribution in [0.4, 0.5) is 0 Å². The highest BCUT2D eigenvalue weighted by atomic mass is 32.2. The van der Waals surface area contributed by atoms with Crippen molar-refractivity contribution >= 4 is 41.2 Å². The van der Waals surface area contributed by atoms with Crippen molar-refractivity contribution in [2.45, 2.75) is 82.7 Å². The summed E-state index contributed by atoms with van der Waals surface area (Å²) in [4.78, 5) is 69.0. The summed E-state index contributed by atoms with van der Waals surface area (Å²) in [6.07, 6.45) is -2.70. The number of nitrogens with one attached hydrogen (secondary N) is 3. The van der Waals surface area contributed by atoms with Crippen molar-refractivity contribution in [1.82, 2.24) is 20.9 Å². The molecule has 0 aliphatic carbocycles. The number of nitrogens with zero attached hydrogens (tertiary/aromatic N) is 1. The van der Waals surface area contributed by atoms with Crippen molar-refractivity contribution in [2.24, 2.45) is 5.92 Å². The standard InChI is InChI=1S/C39H46N4O7S/c1-23(2)31(42-36(47)33-28-18-12-11-17-27(28)30(44)21-50-33)35(46)41-29(19-25-14-7-6-8-15-25)32(45)38(49)43-22-51-39(4,5)34(43)37(48)40-20-26-16-10-9-13-24(26)3/h6-18,23,29,31-34,45H,19-22H2,1-5H3,(H,40,48)(H,41,46)(H,42,47)/t29-,31-,32-,33?,34+/m0/s1. The average molecular weight is 715 g/mol. The zero-order valence-electron chi connectivity index (χ0n) is 29.6. The van der Waals surface area contributed by atoms with Crippen LogP contribution in [-0.2, 0) is 36.9 Å². The number of Topliss-reactive ketones (excluding diaryl/α,β-unsaturated/α-hetero) is 1. The van der Waals surface area contributed by atoms with E-state index in [1.54, 1.807) is 38.1 Å². The van der Waals surface area contributed by atoms with Crippen LogP contribution < -0.4 is 16.0 Å². The Kier molecular flexibility index (Phi) is 12.0. The topological polar surface area (TPSA) is 154 Å². The molecular weight excluding hydrogens is 669 g/mol. The average Bonchev–Trinajstić information content (AvgIpc) is 3.44. The van der Waals surface area contributed by atoms with Crippen molar-refractivity contribution in [3.05, 3.63) is 107 Å². The van der Waals surface area contributed by atoms with E-state index >= 15 is 0 Å². The van der Waals surface area contributed by atoms with Crippen LogP contribution in [0.3, 0.4) is 0 Å². The van der Waals surface area contributed by atoms with Gasteiger partial charge in [-0.3, -0.25) is 24.0 Å². The first-order valence-electron chi connectivity index (χ1n) is 17.1. The maximum absolute atomic E-state index is 14.1. The minimum Gasteiger partial charge on any atom is -0.381 e. The van der Waals surface area contributed by atoms with Crippen LogP contribution >= 0.6 is 11.8 Å². The minimum absolute atomic E-state index is 0.105. The fourth-order valence-electron chi connectivity index (χ4n) is 6.51. The molecule has 2 heterocycles. The molecule has 5 rings (SSSR count). The summed E-state index contributed by atoms with van der Waals surface area (Å²) in [5, 5.41) is 20.3. The molecule has 1 fully saturated rings. The number of hydrogen-bond donors (Lipinski definition) is 4. The first-order valence-corrected chi connectivity index (χ1v) is 18.1. The van der Waals surface area contributed by atoms with Gasteiger partial charge in [-0.2, -0.15) is 0 Å². The molecule has 1 unspecified atom stereocenters. The number of carbonyl (C=O) groups excluding carboxylic acids is 5. The molecule has 11 nitrogen and oxygen atoms in total. The van der Waals surface area contributed by atoms with Gasteiger partial charge in [0.05, 0.1) is 11.9 Å². The van der Waals surface area contributed by atoms with Crippen LogP contribution in [0.15, 0.2) is 78.9 Å². The summed E-state index contributed by atoms with van der Waals surface area (Å²) in [5.41, 5.74) is 3.56. The molecule has 270 valence electrons. The number of aliphatic hydroxyl groups excluding tert-OH is 1. The summed E-state index contributed by atoms with van der Waals surface area (Å²) >= 11 is 1.43. The van der Waals surface area contributed by atoms with Crippen LogP contribution in [0.1, 0.15) is 66.4 Å². The Bertz CT molecular complexity index is 1760. The summed E-state index contributed by atoms with van der Waals surface area (Å²) < 4.78 is 4.95. The highest BCUT2D eigenvalue weighted by Gasteiger charge is 2.50. The Morgan fingerprint density at radius 3 is 2.31 bits per heavy atom. The van der Waals surface area contributed by atoms with Gasteiger partial charge in [0.1, 0.15) is 18.7 Å². The summed E-state index contributed by atoms with van der Waals surface area (Å²) in [6, 6.07) is 20.5. The van der Waals surface area contributed by atoms with Gasteiger partial charge in [0.2, 0.25) is 11.8 Å². The van der Waals surface area contributed by atoms with Gasteiger partial charge < -0.3 is 30.7 Å². The van der Waals surface area contributed by atoms with Crippen LogP contribution in [-0.4, -0.2) is 80.9 Å². The van der Waals surface area contributed by atoms with Crippen LogP contribution in [0.2, 0.25) is 0 Å². The quantitative estimate of drug-likeness (QED) is 0.223. The lowest BCUT2D eigenvalue weighted by Gasteiger charge is -2.34. The molecule has 51 heavy (non-hydrogen) atoms. The van der Waals surface area contributed by atoms with E-state index in [9.17, 15) is 29.1 Å². The number of amides is 4. The summed E-state index contributed by atoms with van der Waals surface area (Å²) in [5.74, 6) is -2.67. The van der Waals surface area contributed by atoms with Crippen LogP contribution in [0.5, 0.6) is 0 Å². The number of aliphatic hydroxyl groups is 1. The van der Waals surface area contributed by atoms with E-state index in [-0.39, 0.29) is 37.1 Å². The molecular formula is C39H46N4O7S. The van der Waals surface area contributed by atoms with Crippen LogP contribution in [0, 0.1) is 12.8 Å². The normalized spacial score (nSPS) is 19.8. The molecule has 4 N–H and O–H groups in total. The van der Waals surface area contributed by atoms with Crippen LogP contribution in [0.25, 0.3) is 0 Å². The molecule has 1 saturated heterocycles. The van der Waals surface area contributed by atoms with E-state index in [1.807, 2.05) is 75.4 Å². The largest absolute Gasteiger partial charge is 0.381 e. The van der Waals surface area contributed by atoms with Gasteiger partial charge in [0.25, 0.3) is 11.8 Å². The number of ether oxygens (including phenoxy) is 1. The Labute approximate surface area is 302 Å². The molecule has 0 saturated carbocycles. The lowest BCUT2D eigenvalue weighted by atomic mass is 9.94. The number of fused-ring (bicyclic) bond motifs is 1. The maximum atomic E-state index is 14.1. The van der Waals surface area contributed by atoms with Crippen molar-refractivity contribution in [2.75, 3.05) is 12.5 Å². The fraction of sp³-hybridized carbons (Fsp3) is 0.410. The number of rotatable bonds is 12. The van der Waals surface area contributed by atoms with E-state index in [0.29, 0.717) is 11.1 Å². The number of benzene rings is 3. The second-order valence-corrected chi connectivity index (χ2v) is 15.5. The van der Waals surface area contributed by atoms with Gasteiger partial charge >= 0.3 is 0 Å². The Hall–Kier alpha value is -4.52. The molecule has 0 radical (unpaired) electrons. The summed E-state index contributed by atoms with van der Waals surface area (Å²) in [6.45, 7) is 9.29. The molecule has 2 aliphatic heterocycles.